The molecule has 1 aromatic carbocycles. The van der Waals surface area contributed by atoms with Gasteiger partial charge in [-0.1, -0.05) is 32.3 Å². The summed E-state index contributed by atoms with van der Waals surface area (Å²) in [7, 11) is 0. The van der Waals surface area contributed by atoms with Crippen molar-refractivity contribution >= 4 is 11.6 Å². The number of benzene rings is 1. The molecule has 1 amide bonds. The second-order valence-electron chi connectivity index (χ2n) is 5.15. The van der Waals surface area contributed by atoms with Gasteiger partial charge in [0, 0.05) is 24.3 Å². The molecule has 0 atom stereocenters. The predicted octanol–water partition coefficient (Wildman–Crippen LogP) is 2.59. The molecule has 0 saturated heterocycles. The van der Waals surface area contributed by atoms with E-state index in [4.69, 9.17) is 10.8 Å². The minimum absolute atomic E-state index is 0.0130. The van der Waals surface area contributed by atoms with Crippen molar-refractivity contribution < 1.29 is 9.90 Å². The van der Waals surface area contributed by atoms with Crippen LogP contribution in [0.2, 0.25) is 0 Å². The summed E-state index contributed by atoms with van der Waals surface area (Å²) in [6, 6.07) is 5.37. The SMILES string of the molecule is CCCCCCN(CCO)C(=O)c1ccc(C)c(N)c1. The average molecular weight is 278 g/mol. The summed E-state index contributed by atoms with van der Waals surface area (Å²) in [6.07, 6.45) is 4.43. The van der Waals surface area contributed by atoms with Crippen LogP contribution in [0.1, 0.15) is 48.5 Å². The van der Waals surface area contributed by atoms with Crippen molar-refractivity contribution in [1.29, 1.82) is 0 Å². The van der Waals surface area contributed by atoms with Crippen LogP contribution in [0.3, 0.4) is 0 Å². The lowest BCUT2D eigenvalue weighted by Crippen LogP contribution is -2.34. The van der Waals surface area contributed by atoms with Gasteiger partial charge in [-0.2, -0.15) is 0 Å². The number of aliphatic hydroxyl groups excluding tert-OH is 1. The molecule has 4 nitrogen and oxygen atoms in total. The molecular weight excluding hydrogens is 252 g/mol. The smallest absolute Gasteiger partial charge is 0.254 e. The van der Waals surface area contributed by atoms with Crippen molar-refractivity contribution in [3.63, 3.8) is 0 Å². The van der Waals surface area contributed by atoms with Gasteiger partial charge in [0.05, 0.1) is 6.61 Å². The van der Waals surface area contributed by atoms with E-state index in [2.05, 4.69) is 6.92 Å². The fourth-order valence-corrected chi connectivity index (χ4v) is 2.12. The molecule has 0 heterocycles. The topological polar surface area (TPSA) is 66.6 Å². The first kappa shape index (κ1) is 16.5. The summed E-state index contributed by atoms with van der Waals surface area (Å²) in [6.45, 7) is 5.12. The van der Waals surface area contributed by atoms with E-state index in [0.717, 1.165) is 18.4 Å². The lowest BCUT2D eigenvalue weighted by Gasteiger charge is -2.22. The maximum atomic E-state index is 12.4. The van der Waals surface area contributed by atoms with Crippen molar-refractivity contribution in [3.05, 3.63) is 29.3 Å². The molecule has 0 saturated carbocycles. The Morgan fingerprint density at radius 2 is 2.00 bits per heavy atom. The van der Waals surface area contributed by atoms with E-state index in [1.807, 2.05) is 13.0 Å². The lowest BCUT2D eigenvalue weighted by molar-refractivity contribution is 0.0718. The number of nitrogens with two attached hydrogens (primary N) is 1. The highest BCUT2D eigenvalue weighted by atomic mass is 16.3. The van der Waals surface area contributed by atoms with Gasteiger partial charge in [-0.25, -0.2) is 0 Å². The van der Waals surface area contributed by atoms with Gasteiger partial charge in [-0.15, -0.1) is 0 Å². The number of aryl methyl sites for hydroxylation is 1. The van der Waals surface area contributed by atoms with Crippen molar-refractivity contribution in [2.75, 3.05) is 25.4 Å². The number of rotatable bonds is 8. The van der Waals surface area contributed by atoms with E-state index in [0.29, 0.717) is 24.3 Å². The summed E-state index contributed by atoms with van der Waals surface area (Å²) >= 11 is 0. The molecule has 4 heteroatoms. The normalized spacial score (nSPS) is 10.6. The second kappa shape index (κ2) is 8.59. The maximum absolute atomic E-state index is 12.4. The van der Waals surface area contributed by atoms with Gasteiger partial charge < -0.3 is 15.7 Å². The van der Waals surface area contributed by atoms with E-state index >= 15 is 0 Å². The van der Waals surface area contributed by atoms with Crippen molar-refractivity contribution in [2.24, 2.45) is 0 Å². The third-order valence-electron chi connectivity index (χ3n) is 3.46. The number of carbonyl (C=O) groups excluding carboxylic acids is 1. The predicted molar refractivity (Wildman–Crippen MR) is 82.7 cm³/mol. The van der Waals surface area contributed by atoms with E-state index < -0.39 is 0 Å². The number of amides is 1. The zero-order chi connectivity index (χ0) is 15.0. The quantitative estimate of drug-likeness (QED) is 0.567. The summed E-state index contributed by atoms with van der Waals surface area (Å²) < 4.78 is 0. The number of anilines is 1. The largest absolute Gasteiger partial charge is 0.398 e. The zero-order valence-corrected chi connectivity index (χ0v) is 12.6. The monoisotopic (exact) mass is 278 g/mol. The van der Waals surface area contributed by atoms with Crippen LogP contribution in [-0.4, -0.2) is 35.6 Å². The average Bonchev–Trinajstić information content (AvgIpc) is 2.44. The molecule has 0 radical (unpaired) electrons. The Balaban J connectivity index is 2.69. The molecule has 0 spiro atoms. The van der Waals surface area contributed by atoms with Crippen LogP contribution < -0.4 is 5.73 Å². The van der Waals surface area contributed by atoms with E-state index in [1.54, 1.807) is 17.0 Å². The third-order valence-corrected chi connectivity index (χ3v) is 3.46. The van der Waals surface area contributed by atoms with Crippen LogP contribution >= 0.6 is 0 Å². The lowest BCUT2D eigenvalue weighted by atomic mass is 10.1. The third kappa shape index (κ3) is 4.85. The van der Waals surface area contributed by atoms with Gasteiger partial charge in [-0.05, 0) is 31.0 Å². The van der Waals surface area contributed by atoms with Crippen LogP contribution in [0.15, 0.2) is 18.2 Å². The first-order valence-corrected chi connectivity index (χ1v) is 7.36. The molecule has 1 aromatic rings. The van der Waals surface area contributed by atoms with Crippen LogP contribution in [0.25, 0.3) is 0 Å². The number of hydrogen-bond acceptors (Lipinski definition) is 3. The molecule has 1 rings (SSSR count). The van der Waals surface area contributed by atoms with Crippen molar-refractivity contribution in [1.82, 2.24) is 4.90 Å². The van der Waals surface area contributed by atoms with Gasteiger partial charge in [0.1, 0.15) is 0 Å². The Morgan fingerprint density at radius 1 is 1.25 bits per heavy atom. The minimum Gasteiger partial charge on any atom is -0.398 e. The van der Waals surface area contributed by atoms with E-state index in [-0.39, 0.29) is 12.5 Å². The van der Waals surface area contributed by atoms with Crippen LogP contribution in [0, 0.1) is 6.92 Å². The number of carbonyl (C=O) groups is 1. The fourth-order valence-electron chi connectivity index (χ4n) is 2.12. The molecule has 0 bridgehead atoms. The number of nitrogens with zero attached hydrogens (tertiary/aromatic N) is 1. The maximum Gasteiger partial charge on any atom is 0.254 e. The summed E-state index contributed by atoms with van der Waals surface area (Å²) in [5.41, 5.74) is 8.05. The molecule has 0 aliphatic carbocycles. The summed E-state index contributed by atoms with van der Waals surface area (Å²) in [5, 5.41) is 9.12. The standard InChI is InChI=1S/C16H26N2O2/c1-3-4-5-6-9-18(10-11-19)16(20)14-8-7-13(2)15(17)12-14/h7-8,12,19H,3-6,9-11,17H2,1-2H3. The first-order valence-electron chi connectivity index (χ1n) is 7.36. The van der Waals surface area contributed by atoms with Crippen LogP contribution in [-0.2, 0) is 0 Å². The highest BCUT2D eigenvalue weighted by Gasteiger charge is 2.15. The van der Waals surface area contributed by atoms with Gasteiger partial charge in [0.25, 0.3) is 5.91 Å². The number of nitrogen functional groups attached to an aromatic ring is 1. The van der Waals surface area contributed by atoms with Crippen molar-refractivity contribution in [3.8, 4) is 0 Å². The Kier molecular flexibility index (Phi) is 7.09. The van der Waals surface area contributed by atoms with Crippen molar-refractivity contribution in [2.45, 2.75) is 39.5 Å². The molecule has 112 valence electrons. The molecule has 20 heavy (non-hydrogen) atoms. The van der Waals surface area contributed by atoms with Crippen LogP contribution in [0.5, 0.6) is 0 Å². The summed E-state index contributed by atoms with van der Waals surface area (Å²) in [5.74, 6) is -0.0535. The first-order chi connectivity index (χ1) is 9.60. The molecule has 0 aliphatic heterocycles. The highest BCUT2D eigenvalue weighted by molar-refractivity contribution is 5.95. The number of aliphatic hydroxyl groups is 1. The van der Waals surface area contributed by atoms with Gasteiger partial charge in [0.2, 0.25) is 0 Å². The second-order valence-corrected chi connectivity index (χ2v) is 5.15. The van der Waals surface area contributed by atoms with E-state index in [1.165, 1.54) is 12.8 Å². The van der Waals surface area contributed by atoms with Gasteiger partial charge in [0.15, 0.2) is 0 Å². The van der Waals surface area contributed by atoms with Crippen LogP contribution in [0.4, 0.5) is 5.69 Å². The molecule has 0 fully saturated rings. The Bertz CT molecular complexity index is 432. The molecular formula is C16H26N2O2. The zero-order valence-electron chi connectivity index (χ0n) is 12.6. The number of unbranched alkanes of at least 4 members (excludes halogenated alkanes) is 3. The van der Waals surface area contributed by atoms with Gasteiger partial charge >= 0.3 is 0 Å². The number of hydrogen-bond donors (Lipinski definition) is 2. The van der Waals surface area contributed by atoms with E-state index in [9.17, 15) is 4.79 Å². The minimum atomic E-state index is -0.0535. The molecule has 0 aromatic heterocycles. The fraction of sp³-hybridized carbons (Fsp3) is 0.562. The Hall–Kier alpha value is -1.55. The molecule has 0 unspecified atom stereocenters. The Morgan fingerprint density at radius 3 is 2.60 bits per heavy atom. The van der Waals surface area contributed by atoms with Gasteiger partial charge in [-0.3, -0.25) is 4.79 Å². The highest BCUT2D eigenvalue weighted by Crippen LogP contribution is 2.15. The summed E-state index contributed by atoms with van der Waals surface area (Å²) in [4.78, 5) is 14.1. The molecule has 0 aliphatic rings. The Labute approximate surface area is 121 Å². The molecule has 3 N–H and O–H groups in total.